The third-order valence-corrected chi connectivity index (χ3v) is 3.23. The van der Waals surface area contributed by atoms with Crippen molar-refractivity contribution >= 4 is 0 Å². The Balaban J connectivity index is 1.62. The summed E-state index contributed by atoms with van der Waals surface area (Å²) in [6.07, 6.45) is 0.0928. The first-order valence-electron chi connectivity index (χ1n) is 6.59. The van der Waals surface area contributed by atoms with Gasteiger partial charge in [0.25, 0.3) is 0 Å². The van der Waals surface area contributed by atoms with Crippen LogP contribution in [0.2, 0.25) is 0 Å². The van der Waals surface area contributed by atoms with E-state index in [0.717, 1.165) is 5.75 Å². The number of ether oxygens (including phenoxy) is 2. The summed E-state index contributed by atoms with van der Waals surface area (Å²) in [5, 5.41) is 13.8. The summed E-state index contributed by atoms with van der Waals surface area (Å²) in [6.45, 7) is 1.20. The zero-order chi connectivity index (χ0) is 13.8. The fourth-order valence-electron chi connectivity index (χ4n) is 2.10. The van der Waals surface area contributed by atoms with Gasteiger partial charge in [-0.05, 0) is 18.6 Å². The fourth-order valence-corrected chi connectivity index (χ4v) is 2.10. The van der Waals surface area contributed by atoms with Crippen LogP contribution in [0.3, 0.4) is 0 Å². The number of aliphatic hydroxyl groups excluding tert-OH is 1. The Hall–Kier alpha value is -1.92. The molecule has 6 heteroatoms. The summed E-state index contributed by atoms with van der Waals surface area (Å²) in [4.78, 5) is 4.26. The van der Waals surface area contributed by atoms with E-state index in [1.54, 1.807) is 0 Å². The van der Waals surface area contributed by atoms with Gasteiger partial charge in [-0.1, -0.05) is 23.4 Å². The van der Waals surface area contributed by atoms with Crippen molar-refractivity contribution in [1.29, 1.82) is 0 Å². The van der Waals surface area contributed by atoms with E-state index < -0.39 is 6.10 Å². The Kier molecular flexibility index (Phi) is 3.94. The molecule has 3 rings (SSSR count). The molecule has 0 amide bonds. The van der Waals surface area contributed by atoms with E-state index in [1.807, 2.05) is 30.3 Å². The molecule has 1 aliphatic rings. The van der Waals surface area contributed by atoms with Crippen LogP contribution in [0.25, 0.3) is 0 Å². The molecule has 0 bridgehead atoms. The van der Waals surface area contributed by atoms with Crippen molar-refractivity contribution in [2.75, 3.05) is 13.2 Å². The lowest BCUT2D eigenvalue weighted by molar-refractivity contribution is -0.0149. The average molecular weight is 276 g/mol. The van der Waals surface area contributed by atoms with Crippen molar-refractivity contribution in [2.24, 2.45) is 0 Å². The quantitative estimate of drug-likeness (QED) is 0.912. The van der Waals surface area contributed by atoms with Gasteiger partial charge in [0.15, 0.2) is 6.61 Å². The summed E-state index contributed by atoms with van der Waals surface area (Å²) in [5.41, 5.74) is 0. The Morgan fingerprint density at radius 3 is 2.95 bits per heavy atom. The molecule has 1 aromatic heterocycles. The number of hydrogen-bond donors (Lipinski definition) is 1. The molecule has 1 aliphatic heterocycles. The summed E-state index contributed by atoms with van der Waals surface area (Å²) in [7, 11) is 0. The van der Waals surface area contributed by atoms with Crippen molar-refractivity contribution in [3.8, 4) is 5.75 Å². The van der Waals surface area contributed by atoms with Crippen molar-refractivity contribution in [3.05, 3.63) is 42.0 Å². The van der Waals surface area contributed by atoms with Crippen LogP contribution in [-0.4, -0.2) is 34.6 Å². The maximum atomic E-state index is 9.90. The van der Waals surface area contributed by atoms with Crippen molar-refractivity contribution < 1.29 is 19.1 Å². The van der Waals surface area contributed by atoms with Gasteiger partial charge in [0.2, 0.25) is 11.7 Å². The van der Waals surface area contributed by atoms with Gasteiger partial charge in [-0.3, -0.25) is 0 Å². The second-order valence-corrected chi connectivity index (χ2v) is 4.69. The highest BCUT2D eigenvalue weighted by Gasteiger charge is 2.30. The highest BCUT2D eigenvalue weighted by atomic mass is 16.5. The maximum Gasteiger partial charge on any atom is 0.234 e. The molecule has 0 saturated carbocycles. The third kappa shape index (κ3) is 2.97. The molecule has 2 unspecified atom stereocenters. The number of aliphatic hydroxyl groups is 1. The molecule has 1 aromatic carbocycles. The first-order valence-corrected chi connectivity index (χ1v) is 6.59. The lowest BCUT2D eigenvalue weighted by Gasteiger charge is -2.24. The van der Waals surface area contributed by atoms with Crippen LogP contribution < -0.4 is 4.74 Å². The maximum absolute atomic E-state index is 9.90. The fraction of sp³-hybridized carbons (Fsp3) is 0.429. The minimum atomic E-state index is -0.493. The molecule has 1 saturated heterocycles. The molecular formula is C14H16N2O4. The molecule has 0 spiro atoms. The van der Waals surface area contributed by atoms with Crippen LogP contribution >= 0.6 is 0 Å². The SMILES string of the molecule is OC1CCOCC1c1nc(COc2ccccc2)no1. The van der Waals surface area contributed by atoms with E-state index in [4.69, 9.17) is 14.0 Å². The molecule has 0 radical (unpaired) electrons. The number of rotatable bonds is 4. The third-order valence-electron chi connectivity index (χ3n) is 3.23. The van der Waals surface area contributed by atoms with E-state index in [-0.39, 0.29) is 12.5 Å². The molecule has 2 atom stereocenters. The number of nitrogens with zero attached hydrogens (tertiary/aromatic N) is 2. The summed E-state index contributed by atoms with van der Waals surface area (Å²) >= 11 is 0. The highest BCUT2D eigenvalue weighted by Crippen LogP contribution is 2.24. The second kappa shape index (κ2) is 6.02. The first kappa shape index (κ1) is 13.1. The van der Waals surface area contributed by atoms with Gasteiger partial charge in [-0.25, -0.2) is 0 Å². The Labute approximate surface area is 116 Å². The minimum absolute atomic E-state index is 0.233. The van der Waals surface area contributed by atoms with Crippen molar-refractivity contribution in [3.63, 3.8) is 0 Å². The molecule has 20 heavy (non-hydrogen) atoms. The Bertz CT molecular complexity index is 543. The summed E-state index contributed by atoms with van der Waals surface area (Å²) < 4.78 is 16.0. The van der Waals surface area contributed by atoms with Gasteiger partial charge < -0.3 is 19.1 Å². The summed E-state index contributed by atoms with van der Waals surface area (Å²) in [5.74, 6) is 1.37. The van der Waals surface area contributed by atoms with E-state index in [1.165, 1.54) is 0 Å². The van der Waals surface area contributed by atoms with E-state index in [0.29, 0.717) is 31.3 Å². The smallest absolute Gasteiger partial charge is 0.234 e. The minimum Gasteiger partial charge on any atom is -0.485 e. The van der Waals surface area contributed by atoms with Crippen LogP contribution in [0.5, 0.6) is 5.75 Å². The second-order valence-electron chi connectivity index (χ2n) is 4.69. The van der Waals surface area contributed by atoms with Gasteiger partial charge in [0.05, 0.1) is 18.6 Å². The zero-order valence-electron chi connectivity index (χ0n) is 10.9. The zero-order valence-corrected chi connectivity index (χ0v) is 10.9. The van der Waals surface area contributed by atoms with Gasteiger partial charge in [0.1, 0.15) is 5.75 Å². The molecule has 2 heterocycles. The van der Waals surface area contributed by atoms with Gasteiger partial charge in [0, 0.05) is 6.61 Å². The van der Waals surface area contributed by atoms with Crippen LogP contribution in [0.15, 0.2) is 34.9 Å². The van der Waals surface area contributed by atoms with Gasteiger partial charge in [-0.15, -0.1) is 0 Å². The highest BCUT2D eigenvalue weighted by molar-refractivity contribution is 5.20. The molecule has 106 valence electrons. The molecule has 2 aromatic rings. The van der Waals surface area contributed by atoms with Crippen LogP contribution in [0.1, 0.15) is 24.1 Å². The van der Waals surface area contributed by atoms with Crippen molar-refractivity contribution in [1.82, 2.24) is 10.1 Å². The molecular weight excluding hydrogens is 260 g/mol. The van der Waals surface area contributed by atoms with Crippen molar-refractivity contribution in [2.45, 2.75) is 25.0 Å². The van der Waals surface area contributed by atoms with Crippen LogP contribution in [0, 0.1) is 0 Å². The van der Waals surface area contributed by atoms with E-state index >= 15 is 0 Å². The first-order chi connectivity index (χ1) is 9.83. The molecule has 6 nitrogen and oxygen atoms in total. The number of benzene rings is 1. The Morgan fingerprint density at radius 2 is 2.15 bits per heavy atom. The monoisotopic (exact) mass is 276 g/mol. The summed E-state index contributed by atoms with van der Waals surface area (Å²) in [6, 6.07) is 9.43. The largest absolute Gasteiger partial charge is 0.485 e. The molecule has 1 fully saturated rings. The predicted octanol–water partition coefficient (Wildman–Crippen LogP) is 1.51. The lowest BCUT2D eigenvalue weighted by Crippen LogP contribution is -2.30. The van der Waals surface area contributed by atoms with E-state index in [2.05, 4.69) is 10.1 Å². The normalized spacial score (nSPS) is 22.6. The number of para-hydroxylation sites is 1. The van der Waals surface area contributed by atoms with Crippen LogP contribution in [-0.2, 0) is 11.3 Å². The Morgan fingerprint density at radius 1 is 1.30 bits per heavy atom. The predicted molar refractivity (Wildman–Crippen MR) is 69.3 cm³/mol. The molecule has 1 N–H and O–H groups in total. The van der Waals surface area contributed by atoms with Gasteiger partial charge in [-0.2, -0.15) is 4.98 Å². The lowest BCUT2D eigenvalue weighted by atomic mass is 9.99. The average Bonchev–Trinajstić information content (AvgIpc) is 2.95. The van der Waals surface area contributed by atoms with Gasteiger partial charge >= 0.3 is 0 Å². The molecule has 0 aliphatic carbocycles. The number of aromatic nitrogens is 2. The number of hydrogen-bond acceptors (Lipinski definition) is 6. The topological polar surface area (TPSA) is 77.6 Å². The van der Waals surface area contributed by atoms with Crippen LogP contribution in [0.4, 0.5) is 0 Å². The van der Waals surface area contributed by atoms with E-state index in [9.17, 15) is 5.11 Å². The standard InChI is InChI=1S/C14H16N2O4/c17-12-6-7-18-8-11(12)14-15-13(16-20-14)9-19-10-4-2-1-3-5-10/h1-5,11-12,17H,6-9H2.